The van der Waals surface area contributed by atoms with Crippen molar-refractivity contribution in [3.8, 4) is 0 Å². The summed E-state index contributed by atoms with van der Waals surface area (Å²) in [5.74, 6) is 1.28. The molecule has 3 heteroatoms. The van der Waals surface area contributed by atoms with E-state index < -0.39 is 0 Å². The first kappa shape index (κ1) is 14.2. The van der Waals surface area contributed by atoms with Crippen molar-refractivity contribution in [2.45, 2.75) is 44.6 Å². The van der Waals surface area contributed by atoms with E-state index in [0.717, 1.165) is 25.1 Å². The number of rotatable bonds is 1. The number of ketones is 1. The van der Waals surface area contributed by atoms with E-state index in [1.54, 1.807) is 0 Å². The van der Waals surface area contributed by atoms with Gasteiger partial charge in [0.1, 0.15) is 0 Å². The Bertz CT molecular complexity index is 631. The van der Waals surface area contributed by atoms with Gasteiger partial charge in [0, 0.05) is 24.6 Å². The van der Waals surface area contributed by atoms with Crippen molar-refractivity contribution in [1.82, 2.24) is 10.2 Å². The molecule has 0 saturated carbocycles. The van der Waals surface area contributed by atoms with Crippen LogP contribution < -0.4 is 5.32 Å². The van der Waals surface area contributed by atoms with Crippen LogP contribution in [0, 0.1) is 11.3 Å². The Morgan fingerprint density at radius 3 is 2.65 bits per heavy atom. The second-order valence-electron chi connectivity index (χ2n) is 8.15. The highest BCUT2D eigenvalue weighted by atomic mass is 16.1. The lowest BCUT2D eigenvalue weighted by Crippen LogP contribution is -2.52. The van der Waals surface area contributed by atoms with Gasteiger partial charge >= 0.3 is 0 Å². The molecule has 3 saturated heterocycles. The number of hydrogen-bond donors (Lipinski definition) is 1. The summed E-state index contributed by atoms with van der Waals surface area (Å²) in [4.78, 5) is 16.1. The largest absolute Gasteiger partial charge is 0.312 e. The zero-order valence-electron chi connectivity index (χ0n) is 13.8. The van der Waals surface area contributed by atoms with E-state index in [4.69, 9.17) is 0 Å². The molecule has 1 aromatic carbocycles. The van der Waals surface area contributed by atoms with Crippen molar-refractivity contribution >= 4 is 5.78 Å². The molecule has 1 aromatic rings. The minimum Gasteiger partial charge on any atom is -0.312 e. The van der Waals surface area contributed by atoms with Crippen LogP contribution in [-0.2, 0) is 6.54 Å². The number of Topliss-reactive ketones (excluding diaryl/α,β-unsaturated/α-hetero) is 1. The fourth-order valence-electron chi connectivity index (χ4n) is 5.84. The van der Waals surface area contributed by atoms with E-state index in [9.17, 15) is 4.79 Å². The number of hydrogen-bond acceptors (Lipinski definition) is 3. The van der Waals surface area contributed by atoms with Gasteiger partial charge in [-0.1, -0.05) is 18.2 Å². The average molecular weight is 310 g/mol. The van der Waals surface area contributed by atoms with Crippen LogP contribution in [0.15, 0.2) is 18.2 Å². The van der Waals surface area contributed by atoms with Gasteiger partial charge in [-0.3, -0.25) is 4.79 Å². The Labute approximate surface area is 138 Å². The quantitative estimate of drug-likeness (QED) is 0.865. The van der Waals surface area contributed by atoms with Gasteiger partial charge in [0.2, 0.25) is 0 Å². The van der Waals surface area contributed by atoms with Gasteiger partial charge in [0.25, 0.3) is 0 Å². The highest BCUT2D eigenvalue weighted by Crippen LogP contribution is 2.51. The first-order valence-corrected chi connectivity index (χ1v) is 9.36. The predicted molar refractivity (Wildman–Crippen MR) is 90.7 cm³/mol. The van der Waals surface area contributed by atoms with Crippen LogP contribution in [0.3, 0.4) is 0 Å². The van der Waals surface area contributed by atoms with Crippen molar-refractivity contribution in [3.63, 3.8) is 0 Å². The van der Waals surface area contributed by atoms with Gasteiger partial charge in [-0.15, -0.1) is 0 Å². The number of nitrogens with one attached hydrogen (secondary N) is 1. The summed E-state index contributed by atoms with van der Waals surface area (Å²) in [7, 11) is 0. The molecule has 0 radical (unpaired) electrons. The Balaban J connectivity index is 1.57. The summed E-state index contributed by atoms with van der Waals surface area (Å²) in [6, 6.07) is 6.43. The molecule has 4 heterocycles. The van der Waals surface area contributed by atoms with Crippen LogP contribution in [0.1, 0.15) is 59.5 Å². The molecule has 2 bridgehead atoms. The number of nitrogens with zero attached hydrogens (tertiary/aromatic N) is 1. The summed E-state index contributed by atoms with van der Waals surface area (Å²) in [6.07, 6.45) is 5.99. The Morgan fingerprint density at radius 2 is 1.87 bits per heavy atom. The van der Waals surface area contributed by atoms with E-state index in [-0.39, 0.29) is 5.92 Å². The molecule has 3 nitrogen and oxygen atoms in total. The zero-order valence-corrected chi connectivity index (χ0v) is 13.8. The molecule has 0 spiro atoms. The fraction of sp³-hybridized carbons (Fsp3) is 0.650. The predicted octanol–water partition coefficient (Wildman–Crippen LogP) is 2.95. The second-order valence-corrected chi connectivity index (χ2v) is 8.15. The topological polar surface area (TPSA) is 32.3 Å². The first-order chi connectivity index (χ1) is 11.3. The van der Waals surface area contributed by atoms with Crippen molar-refractivity contribution in [1.29, 1.82) is 0 Å². The van der Waals surface area contributed by atoms with Gasteiger partial charge in [0.15, 0.2) is 5.78 Å². The summed E-state index contributed by atoms with van der Waals surface area (Å²) >= 11 is 0. The van der Waals surface area contributed by atoms with E-state index in [0.29, 0.717) is 17.1 Å². The molecule has 4 aliphatic heterocycles. The third-order valence-electron chi connectivity index (χ3n) is 7.21. The molecule has 2 atom stereocenters. The molecule has 1 aliphatic carbocycles. The smallest absolute Gasteiger partial charge is 0.166 e. The normalized spacial score (nSPS) is 39.0. The minimum absolute atomic E-state index is 0.266. The van der Waals surface area contributed by atoms with Gasteiger partial charge in [-0.05, 0) is 74.2 Å². The molecule has 2 unspecified atom stereocenters. The van der Waals surface area contributed by atoms with E-state index in [2.05, 4.69) is 28.4 Å². The van der Waals surface area contributed by atoms with E-state index >= 15 is 0 Å². The summed E-state index contributed by atoms with van der Waals surface area (Å²) in [5, 5.41) is 3.55. The Kier molecular flexibility index (Phi) is 3.18. The highest BCUT2D eigenvalue weighted by molar-refractivity contribution is 6.00. The molecular formula is C20H26N2O. The molecule has 3 fully saturated rings. The number of carbonyl (C=O) groups excluding carboxylic acids is 1. The van der Waals surface area contributed by atoms with Crippen LogP contribution in [0.25, 0.3) is 0 Å². The van der Waals surface area contributed by atoms with Crippen LogP contribution in [0.5, 0.6) is 0 Å². The maximum atomic E-state index is 13.5. The van der Waals surface area contributed by atoms with E-state index in [1.807, 2.05) is 0 Å². The standard InChI is InChI=1S/C20H26N2O/c23-19-16-3-1-2-14-12-21-13-15(18(14)16)4-5-17(19)20-6-9-22(10-7-20)11-8-20/h1-3,15,17,21H,4-13H2. The van der Waals surface area contributed by atoms with Crippen molar-refractivity contribution in [3.05, 3.63) is 34.9 Å². The van der Waals surface area contributed by atoms with E-state index in [1.165, 1.54) is 56.4 Å². The monoisotopic (exact) mass is 310 g/mol. The summed E-state index contributed by atoms with van der Waals surface area (Å²) < 4.78 is 0. The lowest BCUT2D eigenvalue weighted by atomic mass is 9.61. The molecule has 0 aromatic heterocycles. The number of carbonyl (C=O) groups is 1. The van der Waals surface area contributed by atoms with Crippen molar-refractivity contribution in [2.24, 2.45) is 11.3 Å². The molecule has 1 N–H and O–H groups in total. The van der Waals surface area contributed by atoms with Crippen LogP contribution in [0.4, 0.5) is 0 Å². The van der Waals surface area contributed by atoms with Gasteiger partial charge in [0.05, 0.1) is 0 Å². The fourth-order valence-corrected chi connectivity index (χ4v) is 5.84. The third-order valence-corrected chi connectivity index (χ3v) is 7.21. The Hall–Kier alpha value is -1.19. The minimum atomic E-state index is 0.266. The number of piperidine rings is 3. The zero-order chi connectivity index (χ0) is 15.4. The van der Waals surface area contributed by atoms with Gasteiger partial charge < -0.3 is 10.2 Å². The van der Waals surface area contributed by atoms with Crippen molar-refractivity contribution < 1.29 is 4.79 Å². The molecule has 122 valence electrons. The lowest BCUT2D eigenvalue weighted by molar-refractivity contribution is -0.0153. The molecular weight excluding hydrogens is 284 g/mol. The number of fused-ring (bicyclic) bond motifs is 3. The van der Waals surface area contributed by atoms with Crippen molar-refractivity contribution in [2.75, 3.05) is 26.2 Å². The van der Waals surface area contributed by atoms with Crippen LogP contribution >= 0.6 is 0 Å². The van der Waals surface area contributed by atoms with Crippen LogP contribution in [-0.4, -0.2) is 36.9 Å². The molecule has 6 rings (SSSR count). The lowest BCUT2D eigenvalue weighted by Gasteiger charge is -2.52. The SMILES string of the molecule is O=C1c2cccc3c2C(CCC1C12CCN(CC1)CC2)CNC3. The van der Waals surface area contributed by atoms with Gasteiger partial charge in [-0.25, -0.2) is 0 Å². The molecule has 5 aliphatic rings. The van der Waals surface area contributed by atoms with Gasteiger partial charge in [-0.2, -0.15) is 0 Å². The first-order valence-electron chi connectivity index (χ1n) is 9.36. The highest BCUT2D eigenvalue weighted by Gasteiger charge is 2.49. The Morgan fingerprint density at radius 1 is 1.09 bits per heavy atom. The maximum absolute atomic E-state index is 13.5. The maximum Gasteiger partial charge on any atom is 0.166 e. The molecule has 23 heavy (non-hydrogen) atoms. The average Bonchev–Trinajstić information content (AvgIpc) is 2.76. The third kappa shape index (κ3) is 2.06. The van der Waals surface area contributed by atoms with Crippen LogP contribution in [0.2, 0.25) is 0 Å². The second kappa shape index (κ2) is 5.15. The summed E-state index contributed by atoms with van der Waals surface area (Å²) in [6.45, 7) is 5.60. The molecule has 0 amide bonds. The number of benzene rings is 1. The summed E-state index contributed by atoms with van der Waals surface area (Å²) in [5.41, 5.74) is 4.13.